The fourth-order valence-electron chi connectivity index (χ4n) is 1.76. The van der Waals surface area contributed by atoms with E-state index < -0.39 is 5.97 Å². The Labute approximate surface area is 126 Å². The van der Waals surface area contributed by atoms with Crippen molar-refractivity contribution in [2.45, 2.75) is 6.42 Å². The Morgan fingerprint density at radius 2 is 2.05 bits per heavy atom. The topological polar surface area (TPSA) is 68.7 Å². The van der Waals surface area contributed by atoms with Gasteiger partial charge in [0.25, 0.3) is 0 Å². The first kappa shape index (κ1) is 15.1. The Kier molecular flexibility index (Phi) is 4.94. The molecule has 5 nitrogen and oxygen atoms in total. The van der Waals surface area contributed by atoms with Crippen LogP contribution in [0.2, 0.25) is 0 Å². The highest BCUT2D eigenvalue weighted by Gasteiger charge is 2.05. The predicted octanol–water partition coefficient (Wildman–Crippen LogP) is 2.96. The third kappa shape index (κ3) is 4.06. The average Bonchev–Trinajstić information content (AvgIpc) is 2.91. The van der Waals surface area contributed by atoms with Crippen LogP contribution in [0, 0.1) is 0 Å². The summed E-state index contributed by atoms with van der Waals surface area (Å²) in [4.78, 5) is 14.8. The molecule has 0 atom stereocenters. The van der Waals surface area contributed by atoms with Crippen LogP contribution in [0.25, 0.3) is 12.2 Å². The lowest BCUT2D eigenvalue weighted by molar-refractivity contribution is -0.136. The van der Waals surface area contributed by atoms with Crippen LogP contribution in [0.4, 0.5) is 0 Å². The second-order valence-electron chi connectivity index (χ2n) is 4.20. The van der Waals surface area contributed by atoms with Crippen molar-refractivity contribution in [3.05, 3.63) is 39.8 Å². The van der Waals surface area contributed by atoms with Crippen molar-refractivity contribution in [1.82, 2.24) is 4.98 Å². The third-order valence-electron chi connectivity index (χ3n) is 2.73. The van der Waals surface area contributed by atoms with Gasteiger partial charge in [0.05, 0.1) is 26.3 Å². The number of benzene rings is 1. The first-order valence-electron chi connectivity index (χ1n) is 6.18. The van der Waals surface area contributed by atoms with E-state index in [4.69, 9.17) is 14.6 Å². The van der Waals surface area contributed by atoms with Crippen molar-refractivity contribution in [2.75, 3.05) is 14.2 Å². The Hall–Kier alpha value is -2.34. The van der Waals surface area contributed by atoms with Crippen molar-refractivity contribution in [3.63, 3.8) is 0 Å². The summed E-state index contributed by atoms with van der Waals surface area (Å²) in [5, 5.41) is 11.2. The molecule has 0 saturated carbocycles. The molecule has 0 radical (unpaired) electrons. The van der Waals surface area contributed by atoms with E-state index in [0.29, 0.717) is 17.2 Å². The number of nitrogens with zero attached hydrogens (tertiary/aromatic N) is 1. The minimum Gasteiger partial charge on any atom is -0.493 e. The van der Waals surface area contributed by atoms with E-state index >= 15 is 0 Å². The maximum absolute atomic E-state index is 10.6. The minimum absolute atomic E-state index is 0.0549. The van der Waals surface area contributed by atoms with Gasteiger partial charge in [0.15, 0.2) is 11.5 Å². The summed E-state index contributed by atoms with van der Waals surface area (Å²) in [6, 6.07) is 5.60. The van der Waals surface area contributed by atoms with Gasteiger partial charge in [-0.05, 0) is 23.8 Å². The van der Waals surface area contributed by atoms with Gasteiger partial charge in [0.2, 0.25) is 0 Å². The molecule has 1 aromatic heterocycles. The maximum atomic E-state index is 10.6. The highest BCUT2D eigenvalue weighted by molar-refractivity contribution is 7.10. The molecule has 6 heteroatoms. The van der Waals surface area contributed by atoms with Gasteiger partial charge in [-0.15, -0.1) is 11.3 Å². The molecule has 110 valence electrons. The number of carboxylic acids is 1. The normalized spacial score (nSPS) is 10.8. The Morgan fingerprint density at radius 3 is 2.71 bits per heavy atom. The third-order valence-corrected chi connectivity index (χ3v) is 3.59. The average molecular weight is 305 g/mol. The van der Waals surface area contributed by atoms with Crippen molar-refractivity contribution in [2.24, 2.45) is 0 Å². The van der Waals surface area contributed by atoms with Crippen molar-refractivity contribution < 1.29 is 19.4 Å². The van der Waals surface area contributed by atoms with Gasteiger partial charge < -0.3 is 14.6 Å². The molecule has 0 spiro atoms. The molecule has 0 aliphatic carbocycles. The molecule has 1 aromatic carbocycles. The lowest BCUT2D eigenvalue weighted by Gasteiger charge is -2.07. The smallest absolute Gasteiger partial charge is 0.309 e. The lowest BCUT2D eigenvalue weighted by Crippen LogP contribution is -1.99. The lowest BCUT2D eigenvalue weighted by atomic mass is 10.2. The second-order valence-corrected chi connectivity index (χ2v) is 5.09. The van der Waals surface area contributed by atoms with Crippen LogP contribution in [-0.2, 0) is 11.2 Å². The van der Waals surface area contributed by atoms with Crippen LogP contribution in [-0.4, -0.2) is 30.3 Å². The number of carboxylic acid groups (broad SMARTS) is 1. The molecule has 0 amide bonds. The van der Waals surface area contributed by atoms with Crippen molar-refractivity contribution in [3.8, 4) is 11.5 Å². The van der Waals surface area contributed by atoms with Gasteiger partial charge >= 0.3 is 5.97 Å². The van der Waals surface area contributed by atoms with E-state index in [9.17, 15) is 4.79 Å². The predicted molar refractivity (Wildman–Crippen MR) is 81.9 cm³/mol. The fourth-order valence-corrected chi connectivity index (χ4v) is 2.47. The van der Waals surface area contributed by atoms with Crippen LogP contribution < -0.4 is 9.47 Å². The second kappa shape index (κ2) is 6.90. The summed E-state index contributed by atoms with van der Waals surface area (Å²) in [5.41, 5.74) is 1.52. The molecular weight excluding hydrogens is 290 g/mol. The molecule has 2 rings (SSSR count). The Balaban J connectivity index is 2.13. The summed E-state index contributed by atoms with van der Waals surface area (Å²) in [6.45, 7) is 0. The molecule has 0 fully saturated rings. The highest BCUT2D eigenvalue weighted by atomic mass is 32.1. The number of ether oxygens (including phenoxy) is 2. The van der Waals surface area contributed by atoms with Crippen molar-refractivity contribution >= 4 is 29.5 Å². The number of aliphatic carboxylic acids is 1. The Morgan fingerprint density at radius 1 is 1.29 bits per heavy atom. The molecule has 2 aromatic rings. The molecule has 0 aliphatic heterocycles. The number of methoxy groups -OCH3 is 2. The maximum Gasteiger partial charge on any atom is 0.309 e. The molecular formula is C15H15NO4S. The summed E-state index contributed by atoms with van der Waals surface area (Å²) in [6.07, 6.45) is 3.68. The van der Waals surface area contributed by atoms with Gasteiger partial charge in [-0.2, -0.15) is 0 Å². The zero-order valence-corrected chi connectivity index (χ0v) is 12.5. The first-order valence-corrected chi connectivity index (χ1v) is 7.06. The number of carbonyl (C=O) groups is 1. The Bertz CT molecular complexity index is 663. The first-order chi connectivity index (χ1) is 10.1. The molecule has 0 aliphatic rings. The number of hydrogen-bond acceptors (Lipinski definition) is 5. The monoisotopic (exact) mass is 305 g/mol. The van der Waals surface area contributed by atoms with E-state index in [-0.39, 0.29) is 6.42 Å². The number of aromatic nitrogens is 1. The molecule has 1 heterocycles. The van der Waals surface area contributed by atoms with Gasteiger partial charge in [0.1, 0.15) is 5.01 Å². The van der Waals surface area contributed by atoms with Gasteiger partial charge in [-0.25, -0.2) is 4.98 Å². The SMILES string of the molecule is COc1ccc(/C=C/c2nc(CC(=O)O)cs2)cc1OC. The quantitative estimate of drug-likeness (QED) is 0.888. The van der Waals surface area contributed by atoms with Gasteiger partial charge in [-0.1, -0.05) is 12.1 Å². The van der Waals surface area contributed by atoms with Crippen molar-refractivity contribution in [1.29, 1.82) is 0 Å². The van der Waals surface area contributed by atoms with Gasteiger partial charge in [-0.3, -0.25) is 4.79 Å². The summed E-state index contributed by atoms with van der Waals surface area (Å²) in [5.74, 6) is 0.453. The van der Waals surface area contributed by atoms with E-state index in [0.717, 1.165) is 10.6 Å². The largest absolute Gasteiger partial charge is 0.493 e. The van der Waals surface area contributed by atoms with E-state index in [2.05, 4.69) is 4.98 Å². The molecule has 0 saturated heterocycles. The van der Waals surface area contributed by atoms with Gasteiger partial charge in [0, 0.05) is 5.38 Å². The van der Waals surface area contributed by atoms with E-state index in [1.165, 1.54) is 11.3 Å². The van der Waals surface area contributed by atoms with Crippen LogP contribution in [0.1, 0.15) is 16.3 Å². The van der Waals surface area contributed by atoms with E-state index in [1.807, 2.05) is 30.4 Å². The number of hydrogen-bond donors (Lipinski definition) is 1. The molecule has 1 N–H and O–H groups in total. The summed E-state index contributed by atoms with van der Waals surface area (Å²) < 4.78 is 10.4. The summed E-state index contributed by atoms with van der Waals surface area (Å²) >= 11 is 1.41. The molecule has 0 unspecified atom stereocenters. The van der Waals surface area contributed by atoms with Crippen LogP contribution in [0.15, 0.2) is 23.6 Å². The fraction of sp³-hybridized carbons (Fsp3) is 0.200. The summed E-state index contributed by atoms with van der Waals surface area (Å²) in [7, 11) is 3.18. The zero-order chi connectivity index (χ0) is 15.2. The standard InChI is InChI=1S/C15H15NO4S/c1-19-12-5-3-10(7-13(12)20-2)4-6-14-16-11(9-21-14)8-15(17)18/h3-7,9H,8H2,1-2H3,(H,17,18)/b6-4+. The highest BCUT2D eigenvalue weighted by Crippen LogP contribution is 2.28. The van der Waals surface area contributed by atoms with E-state index in [1.54, 1.807) is 19.6 Å². The zero-order valence-electron chi connectivity index (χ0n) is 11.7. The minimum atomic E-state index is -0.879. The van der Waals surface area contributed by atoms with Crippen LogP contribution in [0.3, 0.4) is 0 Å². The molecule has 0 bridgehead atoms. The number of rotatable bonds is 6. The number of thiazole rings is 1. The molecule has 21 heavy (non-hydrogen) atoms. The van der Waals surface area contributed by atoms with Crippen LogP contribution in [0.5, 0.6) is 11.5 Å². The van der Waals surface area contributed by atoms with Crippen LogP contribution >= 0.6 is 11.3 Å².